The van der Waals surface area contributed by atoms with E-state index in [1.807, 2.05) is 60.7 Å². The molecule has 0 radical (unpaired) electrons. The largest absolute Gasteiger partial charge is 0.507 e. The SMILES string of the molecule is CO[C@@]1(N=Cc2cc(C)c(O)c(C)c2)C(=O)N2C(C(=O)OC(c3ccccc3)c3ccccc3)=C(COC(C)=O)CS[C@@H]21. The van der Waals surface area contributed by atoms with E-state index in [4.69, 9.17) is 14.2 Å². The Morgan fingerprint density at radius 3 is 2.19 bits per heavy atom. The highest BCUT2D eigenvalue weighted by atomic mass is 32.2. The van der Waals surface area contributed by atoms with Crippen LogP contribution >= 0.6 is 11.8 Å². The Labute approximate surface area is 254 Å². The number of carbonyl (C=O) groups excluding carboxylic acids is 3. The van der Waals surface area contributed by atoms with E-state index in [2.05, 4.69) is 4.99 Å². The molecular formula is C33H32N2O7S. The Bertz CT molecular complexity index is 1540. The summed E-state index contributed by atoms with van der Waals surface area (Å²) in [7, 11) is 1.40. The van der Waals surface area contributed by atoms with Gasteiger partial charge >= 0.3 is 11.9 Å². The molecule has 0 bridgehead atoms. The normalized spacial score (nSPS) is 19.8. The van der Waals surface area contributed by atoms with Crippen LogP contribution in [0.25, 0.3) is 0 Å². The van der Waals surface area contributed by atoms with Gasteiger partial charge in [0.15, 0.2) is 6.10 Å². The molecule has 1 amide bonds. The molecule has 0 aliphatic carbocycles. The second kappa shape index (κ2) is 12.4. The molecule has 1 N–H and O–H groups in total. The molecular weight excluding hydrogens is 568 g/mol. The van der Waals surface area contributed by atoms with Crippen molar-refractivity contribution in [3.8, 4) is 5.75 Å². The maximum absolute atomic E-state index is 14.0. The number of β-lactam (4-membered cyclic amide) rings is 1. The number of aliphatic imine (C=N–C) groups is 1. The van der Waals surface area contributed by atoms with Crippen molar-refractivity contribution in [2.24, 2.45) is 4.99 Å². The monoisotopic (exact) mass is 600 g/mol. The van der Waals surface area contributed by atoms with Crippen LogP contribution in [0.1, 0.15) is 40.8 Å². The zero-order valence-electron chi connectivity index (χ0n) is 24.3. The number of carbonyl (C=O) groups is 3. The van der Waals surface area contributed by atoms with Crippen molar-refractivity contribution >= 4 is 35.8 Å². The summed E-state index contributed by atoms with van der Waals surface area (Å²) in [5, 5.41) is 9.47. The van der Waals surface area contributed by atoms with Crippen LogP contribution in [0.5, 0.6) is 5.75 Å². The molecule has 2 aliphatic rings. The van der Waals surface area contributed by atoms with Gasteiger partial charge in [-0.25, -0.2) is 9.79 Å². The number of fused-ring (bicyclic) bond motifs is 1. The molecule has 3 aromatic rings. The minimum Gasteiger partial charge on any atom is -0.507 e. The van der Waals surface area contributed by atoms with Crippen molar-refractivity contribution in [3.05, 3.63) is 112 Å². The lowest BCUT2D eigenvalue weighted by molar-refractivity contribution is -0.183. The highest BCUT2D eigenvalue weighted by Gasteiger charge is 2.66. The number of rotatable bonds is 9. The number of ether oxygens (including phenoxy) is 3. The van der Waals surface area contributed by atoms with Crippen LogP contribution in [0, 0.1) is 13.8 Å². The summed E-state index contributed by atoms with van der Waals surface area (Å²) in [5.74, 6) is -1.30. The number of methoxy groups -OCH3 is 1. The summed E-state index contributed by atoms with van der Waals surface area (Å²) >= 11 is 1.35. The number of phenolic OH excluding ortho intramolecular Hbond substituents is 1. The Hall–Kier alpha value is -4.41. The Morgan fingerprint density at radius 1 is 1.07 bits per heavy atom. The molecule has 222 valence electrons. The Kier molecular flexibility index (Phi) is 8.70. The second-order valence-corrected chi connectivity index (χ2v) is 11.4. The maximum Gasteiger partial charge on any atom is 0.356 e. The molecule has 10 heteroatoms. The van der Waals surface area contributed by atoms with Gasteiger partial charge in [-0.2, -0.15) is 0 Å². The van der Waals surface area contributed by atoms with Crippen molar-refractivity contribution in [1.82, 2.24) is 4.90 Å². The number of amides is 1. The number of hydrogen-bond donors (Lipinski definition) is 1. The van der Waals surface area contributed by atoms with Crippen molar-refractivity contribution in [1.29, 1.82) is 0 Å². The predicted octanol–water partition coefficient (Wildman–Crippen LogP) is 4.84. The summed E-state index contributed by atoms with van der Waals surface area (Å²) in [6.45, 7) is 4.68. The van der Waals surface area contributed by atoms with Crippen molar-refractivity contribution in [3.63, 3.8) is 0 Å². The third-order valence-electron chi connectivity index (χ3n) is 7.39. The standard InChI is InChI=1S/C33H32N2O7S/c1-20-15-23(16-21(2)28(20)37)17-34-33(40-4)31(39)35-27(26(18-41-22(3)36)19-43-32(33)35)30(38)42-29(24-11-7-5-8-12-24)25-13-9-6-10-14-25/h5-17,29,32,37H,18-19H2,1-4H3/t32-,33+/m1/s1. The fraction of sp³-hybridized carbons (Fsp3) is 0.273. The van der Waals surface area contributed by atoms with Crippen LogP contribution in [0.15, 0.2) is 89.1 Å². The minimum atomic E-state index is -1.58. The number of benzene rings is 3. The van der Waals surface area contributed by atoms with Crippen LogP contribution < -0.4 is 0 Å². The molecule has 2 atom stereocenters. The molecule has 1 saturated heterocycles. The Balaban J connectivity index is 1.49. The third kappa shape index (κ3) is 5.80. The van der Waals surface area contributed by atoms with E-state index in [0.29, 0.717) is 22.3 Å². The van der Waals surface area contributed by atoms with Crippen LogP contribution in [-0.4, -0.2) is 64.6 Å². The summed E-state index contributed by atoms with van der Waals surface area (Å²) in [6, 6.07) is 22.2. The minimum absolute atomic E-state index is 0.0195. The molecule has 0 unspecified atom stereocenters. The number of aryl methyl sites for hydroxylation is 2. The van der Waals surface area contributed by atoms with Crippen LogP contribution in [0.3, 0.4) is 0 Å². The summed E-state index contributed by atoms with van der Waals surface area (Å²) < 4.78 is 17.1. The van der Waals surface area contributed by atoms with Gasteiger partial charge in [0, 0.05) is 31.6 Å². The van der Waals surface area contributed by atoms with E-state index < -0.39 is 35.0 Å². The quantitative estimate of drug-likeness (QED) is 0.211. The average molecular weight is 601 g/mol. The van der Waals surface area contributed by atoms with E-state index in [1.54, 1.807) is 26.0 Å². The molecule has 0 spiro atoms. The summed E-state index contributed by atoms with van der Waals surface area (Å²) in [5.41, 5.74) is 2.45. The van der Waals surface area contributed by atoms with Gasteiger partial charge in [0.05, 0.1) is 0 Å². The number of thioether (sulfide) groups is 1. The van der Waals surface area contributed by atoms with Crippen LogP contribution in [0.2, 0.25) is 0 Å². The second-order valence-electron chi connectivity index (χ2n) is 10.3. The molecule has 5 rings (SSSR count). The zero-order chi connectivity index (χ0) is 30.7. The van der Waals surface area contributed by atoms with Crippen molar-refractivity contribution in [2.45, 2.75) is 38.0 Å². The number of hydrogen-bond acceptors (Lipinski definition) is 9. The van der Waals surface area contributed by atoms with E-state index >= 15 is 0 Å². The topological polar surface area (TPSA) is 115 Å². The average Bonchev–Trinajstić information content (AvgIpc) is 3.02. The maximum atomic E-state index is 14.0. The number of nitrogens with zero attached hydrogens (tertiary/aromatic N) is 2. The van der Waals surface area contributed by atoms with E-state index in [9.17, 15) is 19.5 Å². The third-order valence-corrected chi connectivity index (χ3v) is 8.75. The highest BCUT2D eigenvalue weighted by Crippen LogP contribution is 2.49. The van der Waals surface area contributed by atoms with E-state index in [0.717, 1.165) is 11.1 Å². The lowest BCUT2D eigenvalue weighted by Gasteiger charge is -2.54. The van der Waals surface area contributed by atoms with E-state index in [-0.39, 0.29) is 23.8 Å². The number of phenols is 1. The highest BCUT2D eigenvalue weighted by molar-refractivity contribution is 8.00. The van der Waals surface area contributed by atoms with Gasteiger partial charge in [0.2, 0.25) is 0 Å². The lowest BCUT2D eigenvalue weighted by atomic mass is 9.98. The molecule has 3 aromatic carbocycles. The van der Waals surface area contributed by atoms with Crippen molar-refractivity contribution < 1.29 is 33.7 Å². The van der Waals surface area contributed by atoms with Gasteiger partial charge in [-0.3, -0.25) is 14.5 Å². The van der Waals surface area contributed by atoms with Crippen molar-refractivity contribution in [2.75, 3.05) is 19.5 Å². The number of aromatic hydroxyl groups is 1. The fourth-order valence-corrected chi connectivity index (χ4v) is 6.61. The van der Waals surface area contributed by atoms with E-state index in [1.165, 1.54) is 36.9 Å². The Morgan fingerprint density at radius 2 is 1.65 bits per heavy atom. The molecule has 2 heterocycles. The molecule has 0 aromatic heterocycles. The van der Waals surface area contributed by atoms with Gasteiger partial charge in [-0.15, -0.1) is 11.8 Å². The van der Waals surface area contributed by atoms with Gasteiger partial charge < -0.3 is 19.3 Å². The first-order valence-electron chi connectivity index (χ1n) is 13.7. The van der Waals surface area contributed by atoms with Crippen LogP contribution in [0.4, 0.5) is 0 Å². The number of esters is 2. The first-order valence-corrected chi connectivity index (χ1v) is 14.7. The molecule has 9 nitrogen and oxygen atoms in total. The summed E-state index contributed by atoms with van der Waals surface area (Å²) in [4.78, 5) is 45.4. The summed E-state index contributed by atoms with van der Waals surface area (Å²) in [6.07, 6.45) is 0.795. The first kappa shape index (κ1) is 30.1. The predicted molar refractivity (Wildman–Crippen MR) is 162 cm³/mol. The molecule has 0 saturated carbocycles. The zero-order valence-corrected chi connectivity index (χ0v) is 25.1. The lowest BCUT2D eigenvalue weighted by Crippen LogP contribution is -2.73. The fourth-order valence-electron chi connectivity index (χ4n) is 5.20. The van der Waals surface area contributed by atoms with Crippen LogP contribution in [-0.2, 0) is 28.6 Å². The van der Waals surface area contributed by atoms with Gasteiger partial charge in [0.25, 0.3) is 11.6 Å². The first-order chi connectivity index (χ1) is 20.7. The van der Waals surface area contributed by atoms with Gasteiger partial charge in [-0.05, 0) is 53.8 Å². The van der Waals surface area contributed by atoms with Gasteiger partial charge in [0.1, 0.15) is 23.4 Å². The smallest absolute Gasteiger partial charge is 0.356 e. The van der Waals surface area contributed by atoms with Gasteiger partial charge in [-0.1, -0.05) is 60.7 Å². The molecule has 2 aliphatic heterocycles. The molecule has 1 fully saturated rings. The molecule has 43 heavy (non-hydrogen) atoms.